The summed E-state index contributed by atoms with van der Waals surface area (Å²) in [6, 6.07) is 10.7. The molecule has 118 valence electrons. The highest BCUT2D eigenvalue weighted by Gasteiger charge is 2.15. The summed E-state index contributed by atoms with van der Waals surface area (Å²) in [4.78, 5) is 18.3. The van der Waals surface area contributed by atoms with E-state index in [1.807, 2.05) is 23.6 Å². The van der Waals surface area contributed by atoms with Gasteiger partial charge in [-0.25, -0.2) is 4.98 Å². The van der Waals surface area contributed by atoms with Gasteiger partial charge in [0.05, 0.1) is 18.4 Å². The van der Waals surface area contributed by atoms with Crippen molar-refractivity contribution in [3.8, 4) is 16.5 Å². The molecule has 0 saturated heterocycles. The maximum atomic E-state index is 12.3. The number of likely N-dealkylation sites (N-methyl/N-ethyl adjacent to an activating group) is 1. The number of aromatic hydroxyl groups is 1. The molecule has 0 unspecified atom stereocenters. The number of phenols is 1. The number of carbonyl (C=O) groups is 1. The number of hydrogen-bond acceptors (Lipinski definition) is 5. The molecule has 1 amide bonds. The van der Waals surface area contributed by atoms with Crippen LogP contribution in [-0.4, -0.2) is 27.9 Å². The fraction of sp³-hybridized carbons (Fsp3) is 0.176. The Balaban J connectivity index is 1.64. The Morgan fingerprint density at radius 3 is 2.87 bits per heavy atom. The molecule has 2 heterocycles. The van der Waals surface area contributed by atoms with E-state index in [2.05, 4.69) is 4.98 Å². The molecule has 0 aliphatic carbocycles. The first-order chi connectivity index (χ1) is 11.1. The third kappa shape index (κ3) is 3.60. The van der Waals surface area contributed by atoms with Crippen LogP contribution in [0.25, 0.3) is 10.8 Å². The number of phenolic OH excluding ortho intramolecular Hbond substituents is 1. The number of nitrogens with zero attached hydrogens (tertiary/aromatic N) is 2. The van der Waals surface area contributed by atoms with Crippen molar-refractivity contribution in [3.63, 3.8) is 0 Å². The molecule has 0 aliphatic heterocycles. The van der Waals surface area contributed by atoms with Crippen molar-refractivity contribution in [2.45, 2.75) is 13.0 Å². The van der Waals surface area contributed by atoms with Gasteiger partial charge in [-0.2, -0.15) is 0 Å². The van der Waals surface area contributed by atoms with Crippen molar-refractivity contribution in [3.05, 3.63) is 59.3 Å². The number of thiazole rings is 1. The number of benzene rings is 1. The summed E-state index contributed by atoms with van der Waals surface area (Å²) >= 11 is 1.45. The fourth-order valence-corrected chi connectivity index (χ4v) is 2.97. The summed E-state index contributed by atoms with van der Waals surface area (Å²) in [7, 11) is 1.72. The van der Waals surface area contributed by atoms with Crippen LogP contribution in [0.4, 0.5) is 0 Å². The third-order valence-corrected chi connectivity index (χ3v) is 4.35. The second kappa shape index (κ2) is 6.66. The van der Waals surface area contributed by atoms with Gasteiger partial charge in [-0.1, -0.05) is 18.2 Å². The molecule has 1 N–H and O–H groups in total. The van der Waals surface area contributed by atoms with Gasteiger partial charge in [0.25, 0.3) is 0 Å². The van der Waals surface area contributed by atoms with Gasteiger partial charge in [0.1, 0.15) is 5.75 Å². The minimum atomic E-state index is -0.0513. The standard InChI is InChI=1S/C17H16N2O3S/c1-19(10-12-5-2-3-6-14(12)20)16(21)9-13-11-23-17(18-13)15-7-4-8-22-15/h2-8,11,20H,9-10H2,1H3. The third-order valence-electron chi connectivity index (χ3n) is 3.44. The average Bonchev–Trinajstić information content (AvgIpc) is 3.20. The molecule has 3 rings (SSSR count). The zero-order valence-corrected chi connectivity index (χ0v) is 13.4. The van der Waals surface area contributed by atoms with Crippen LogP contribution in [0, 0.1) is 0 Å². The van der Waals surface area contributed by atoms with Gasteiger partial charge in [0.2, 0.25) is 5.91 Å². The highest BCUT2D eigenvalue weighted by Crippen LogP contribution is 2.24. The van der Waals surface area contributed by atoms with E-state index < -0.39 is 0 Å². The smallest absolute Gasteiger partial charge is 0.228 e. The second-order valence-corrected chi connectivity index (χ2v) is 6.03. The molecule has 0 fully saturated rings. The molecule has 0 saturated carbocycles. The molecule has 3 aromatic rings. The lowest BCUT2D eigenvalue weighted by molar-refractivity contribution is -0.129. The Kier molecular flexibility index (Phi) is 4.43. The maximum Gasteiger partial charge on any atom is 0.228 e. The number of aromatic nitrogens is 1. The van der Waals surface area contributed by atoms with Gasteiger partial charge in [-0.15, -0.1) is 11.3 Å². The molecule has 23 heavy (non-hydrogen) atoms. The van der Waals surface area contributed by atoms with Gasteiger partial charge in [-0.05, 0) is 18.2 Å². The lowest BCUT2D eigenvalue weighted by atomic mass is 10.2. The number of para-hydroxylation sites is 1. The number of amides is 1. The van der Waals surface area contributed by atoms with E-state index in [1.165, 1.54) is 11.3 Å². The summed E-state index contributed by atoms with van der Waals surface area (Å²) < 4.78 is 5.30. The van der Waals surface area contributed by atoms with Crippen molar-refractivity contribution in [2.75, 3.05) is 7.05 Å². The van der Waals surface area contributed by atoms with Gasteiger partial charge < -0.3 is 14.4 Å². The van der Waals surface area contributed by atoms with Crippen LogP contribution in [-0.2, 0) is 17.8 Å². The van der Waals surface area contributed by atoms with Crippen LogP contribution in [0.15, 0.2) is 52.5 Å². The van der Waals surface area contributed by atoms with Crippen molar-refractivity contribution in [1.82, 2.24) is 9.88 Å². The summed E-state index contributed by atoms with van der Waals surface area (Å²) in [5.41, 5.74) is 1.44. The van der Waals surface area contributed by atoms with Crippen molar-refractivity contribution in [1.29, 1.82) is 0 Å². The highest BCUT2D eigenvalue weighted by atomic mass is 32.1. The quantitative estimate of drug-likeness (QED) is 0.780. The van der Waals surface area contributed by atoms with Gasteiger partial charge in [-0.3, -0.25) is 4.79 Å². The molecular formula is C17H16N2O3S. The molecule has 0 bridgehead atoms. The SMILES string of the molecule is CN(Cc1ccccc1O)C(=O)Cc1csc(-c2ccco2)n1. The van der Waals surface area contributed by atoms with E-state index in [4.69, 9.17) is 4.42 Å². The van der Waals surface area contributed by atoms with E-state index in [0.717, 1.165) is 16.3 Å². The van der Waals surface area contributed by atoms with Crippen LogP contribution in [0.5, 0.6) is 5.75 Å². The van der Waals surface area contributed by atoms with Crippen molar-refractivity contribution >= 4 is 17.2 Å². The van der Waals surface area contributed by atoms with Crippen molar-refractivity contribution in [2.24, 2.45) is 0 Å². The first-order valence-electron chi connectivity index (χ1n) is 7.12. The van der Waals surface area contributed by atoms with E-state index in [0.29, 0.717) is 12.3 Å². The first kappa shape index (κ1) is 15.3. The highest BCUT2D eigenvalue weighted by molar-refractivity contribution is 7.13. The minimum Gasteiger partial charge on any atom is -0.508 e. The fourth-order valence-electron chi connectivity index (χ4n) is 2.18. The zero-order valence-electron chi connectivity index (χ0n) is 12.6. The minimum absolute atomic E-state index is 0.0513. The number of furan rings is 1. The van der Waals surface area contributed by atoms with Crippen LogP contribution in [0.2, 0.25) is 0 Å². The Hall–Kier alpha value is -2.60. The van der Waals surface area contributed by atoms with Gasteiger partial charge >= 0.3 is 0 Å². The number of carbonyl (C=O) groups excluding carboxylic acids is 1. The normalized spacial score (nSPS) is 10.7. The average molecular weight is 328 g/mol. The molecule has 0 aliphatic rings. The predicted molar refractivity (Wildman–Crippen MR) is 88.1 cm³/mol. The van der Waals surface area contributed by atoms with Crippen molar-refractivity contribution < 1.29 is 14.3 Å². The van der Waals surface area contributed by atoms with Crippen LogP contribution < -0.4 is 0 Å². The summed E-state index contributed by atoms with van der Waals surface area (Å²) in [5.74, 6) is 0.849. The monoisotopic (exact) mass is 328 g/mol. The largest absolute Gasteiger partial charge is 0.508 e. The van der Waals surface area contributed by atoms with Crippen LogP contribution in [0.3, 0.4) is 0 Å². The Bertz CT molecular complexity index is 796. The molecule has 5 nitrogen and oxygen atoms in total. The topological polar surface area (TPSA) is 66.6 Å². The molecule has 0 radical (unpaired) electrons. The first-order valence-corrected chi connectivity index (χ1v) is 8.00. The summed E-state index contributed by atoms with van der Waals surface area (Å²) in [5, 5.41) is 12.4. The molecule has 0 spiro atoms. The van der Waals surface area contributed by atoms with E-state index in [9.17, 15) is 9.90 Å². The molecule has 6 heteroatoms. The molecule has 0 atom stereocenters. The summed E-state index contributed by atoms with van der Waals surface area (Å²) in [6.45, 7) is 0.362. The second-order valence-electron chi connectivity index (χ2n) is 5.18. The Labute approximate surface area is 137 Å². The maximum absolute atomic E-state index is 12.3. The van der Waals surface area contributed by atoms with Gasteiger partial charge in [0, 0.05) is 24.5 Å². The van der Waals surface area contributed by atoms with Crippen LogP contribution >= 0.6 is 11.3 Å². The molecule has 2 aromatic heterocycles. The molecular weight excluding hydrogens is 312 g/mol. The zero-order chi connectivity index (χ0) is 16.2. The van der Waals surface area contributed by atoms with Crippen LogP contribution in [0.1, 0.15) is 11.3 Å². The number of hydrogen-bond donors (Lipinski definition) is 1. The Morgan fingerprint density at radius 1 is 1.30 bits per heavy atom. The summed E-state index contributed by atoms with van der Waals surface area (Å²) in [6.07, 6.45) is 1.82. The van der Waals surface area contributed by atoms with E-state index in [-0.39, 0.29) is 18.1 Å². The lowest BCUT2D eigenvalue weighted by Gasteiger charge is -2.17. The van der Waals surface area contributed by atoms with Gasteiger partial charge in [0.15, 0.2) is 10.8 Å². The van der Waals surface area contributed by atoms with E-state index >= 15 is 0 Å². The Morgan fingerprint density at radius 2 is 2.13 bits per heavy atom. The van der Waals surface area contributed by atoms with E-state index in [1.54, 1.807) is 36.4 Å². The number of rotatable bonds is 5. The lowest BCUT2D eigenvalue weighted by Crippen LogP contribution is -2.27. The predicted octanol–water partition coefficient (Wildman–Crippen LogP) is 3.31. The molecule has 1 aromatic carbocycles.